The maximum Gasteiger partial charge on any atom is 0.416 e. The van der Waals surface area contributed by atoms with Crippen LogP contribution in [0, 0.1) is 18.7 Å². The maximum atomic E-state index is 14.8. The largest absolute Gasteiger partial charge is 0.416 e. The molecular formula is C25H30F4N2O2. The summed E-state index contributed by atoms with van der Waals surface area (Å²) in [4.78, 5) is 13.0. The van der Waals surface area contributed by atoms with Gasteiger partial charge in [0, 0.05) is 31.0 Å². The first kappa shape index (κ1) is 23.8. The van der Waals surface area contributed by atoms with E-state index in [1.165, 1.54) is 12.5 Å². The molecule has 2 aliphatic rings. The fourth-order valence-corrected chi connectivity index (χ4v) is 4.97. The SMILES string of the molecule is Cc1c(C(=O)NCC2CCCO2)cc(-c2cc(C(F)(F)F)ccc2F)n1CC1CCCCC1. The second kappa shape index (κ2) is 9.87. The van der Waals surface area contributed by atoms with Crippen molar-refractivity contribution in [1.29, 1.82) is 0 Å². The first-order chi connectivity index (χ1) is 15.7. The monoisotopic (exact) mass is 466 g/mol. The minimum Gasteiger partial charge on any atom is -0.376 e. The molecule has 1 atom stereocenters. The van der Waals surface area contributed by atoms with Gasteiger partial charge >= 0.3 is 6.18 Å². The molecule has 0 bridgehead atoms. The molecule has 2 fully saturated rings. The highest BCUT2D eigenvalue weighted by atomic mass is 19.4. The lowest BCUT2D eigenvalue weighted by molar-refractivity contribution is -0.137. The number of nitrogens with one attached hydrogen (secondary N) is 1. The Labute approximate surface area is 191 Å². The molecule has 4 rings (SSSR count). The van der Waals surface area contributed by atoms with Crippen LogP contribution in [-0.4, -0.2) is 29.7 Å². The van der Waals surface area contributed by atoms with Gasteiger partial charge in [-0.05, 0) is 62.8 Å². The van der Waals surface area contributed by atoms with Gasteiger partial charge in [-0.3, -0.25) is 4.79 Å². The van der Waals surface area contributed by atoms with E-state index >= 15 is 0 Å². The Morgan fingerprint density at radius 2 is 1.88 bits per heavy atom. The molecule has 0 radical (unpaired) electrons. The van der Waals surface area contributed by atoms with Crippen molar-refractivity contribution in [2.75, 3.05) is 13.2 Å². The fourth-order valence-electron chi connectivity index (χ4n) is 4.97. The molecule has 1 aromatic heterocycles. The Hall–Kier alpha value is -2.35. The number of hydrogen-bond acceptors (Lipinski definition) is 2. The Morgan fingerprint density at radius 3 is 2.55 bits per heavy atom. The summed E-state index contributed by atoms with van der Waals surface area (Å²) in [7, 11) is 0. The van der Waals surface area contributed by atoms with E-state index in [-0.39, 0.29) is 17.6 Å². The van der Waals surface area contributed by atoms with Crippen molar-refractivity contribution in [3.63, 3.8) is 0 Å². The molecule has 0 spiro atoms. The summed E-state index contributed by atoms with van der Waals surface area (Å²) in [6.45, 7) is 3.38. The zero-order chi connectivity index (χ0) is 23.6. The number of halogens is 4. The van der Waals surface area contributed by atoms with E-state index in [1.54, 1.807) is 6.92 Å². The van der Waals surface area contributed by atoms with E-state index in [4.69, 9.17) is 4.74 Å². The molecule has 1 unspecified atom stereocenters. The van der Waals surface area contributed by atoms with Gasteiger partial charge in [0.15, 0.2) is 0 Å². The molecule has 1 aliphatic heterocycles. The zero-order valence-corrected chi connectivity index (χ0v) is 18.8. The van der Waals surface area contributed by atoms with Gasteiger partial charge in [-0.15, -0.1) is 0 Å². The smallest absolute Gasteiger partial charge is 0.376 e. The molecule has 1 N–H and O–H groups in total. The Balaban J connectivity index is 1.70. The quantitative estimate of drug-likeness (QED) is 0.522. The molecule has 180 valence electrons. The molecule has 8 heteroatoms. The summed E-state index contributed by atoms with van der Waals surface area (Å²) in [5.74, 6) is -0.712. The molecule has 1 saturated carbocycles. The Morgan fingerprint density at radius 1 is 1.12 bits per heavy atom. The molecule has 1 aliphatic carbocycles. The van der Waals surface area contributed by atoms with Crippen LogP contribution >= 0.6 is 0 Å². The molecule has 1 saturated heterocycles. The number of carbonyl (C=O) groups excluding carboxylic acids is 1. The number of alkyl halides is 3. The normalized spacial score (nSPS) is 19.7. The number of rotatable bonds is 6. The van der Waals surface area contributed by atoms with Gasteiger partial charge in [0.1, 0.15) is 5.82 Å². The van der Waals surface area contributed by atoms with Crippen LogP contribution in [0.15, 0.2) is 24.3 Å². The van der Waals surface area contributed by atoms with Crippen LogP contribution in [0.1, 0.15) is 66.6 Å². The number of ether oxygens (including phenoxy) is 1. The summed E-state index contributed by atoms with van der Waals surface area (Å²) in [5.41, 5.74) is 0.255. The zero-order valence-electron chi connectivity index (χ0n) is 18.8. The first-order valence-electron chi connectivity index (χ1n) is 11.7. The summed E-state index contributed by atoms with van der Waals surface area (Å²) in [5, 5.41) is 2.88. The van der Waals surface area contributed by atoms with Gasteiger partial charge < -0.3 is 14.6 Å². The lowest BCUT2D eigenvalue weighted by atomic mass is 9.89. The molecule has 33 heavy (non-hydrogen) atoms. The maximum absolute atomic E-state index is 14.8. The fraction of sp³-hybridized carbons (Fsp3) is 0.560. The van der Waals surface area contributed by atoms with Crippen molar-refractivity contribution in [3.05, 3.63) is 46.9 Å². The third-order valence-electron chi connectivity index (χ3n) is 6.86. The van der Waals surface area contributed by atoms with Crippen molar-refractivity contribution in [3.8, 4) is 11.3 Å². The van der Waals surface area contributed by atoms with Gasteiger partial charge in [-0.1, -0.05) is 19.3 Å². The first-order valence-corrected chi connectivity index (χ1v) is 11.7. The standard InChI is InChI=1S/C25H30F4N2O2/c1-16-20(24(32)30-14-19-8-5-11-33-19)13-23(31(16)15-17-6-3-2-4-7-17)21-12-18(25(27,28)29)9-10-22(21)26/h9-10,12-13,17,19H,2-8,11,14-15H2,1H3,(H,30,32). The van der Waals surface area contributed by atoms with Crippen LogP contribution in [0.5, 0.6) is 0 Å². The Bertz CT molecular complexity index is 987. The van der Waals surface area contributed by atoms with Crippen molar-refractivity contribution in [2.24, 2.45) is 5.92 Å². The number of carbonyl (C=O) groups is 1. The number of nitrogens with zero attached hydrogens (tertiary/aromatic N) is 1. The molecule has 2 heterocycles. The Kier molecular flexibility index (Phi) is 7.12. The summed E-state index contributed by atoms with van der Waals surface area (Å²) >= 11 is 0. The summed E-state index contributed by atoms with van der Waals surface area (Å²) < 4.78 is 62.2. The van der Waals surface area contributed by atoms with Crippen LogP contribution in [-0.2, 0) is 17.5 Å². The van der Waals surface area contributed by atoms with Crippen LogP contribution in [0.3, 0.4) is 0 Å². The summed E-state index contributed by atoms with van der Waals surface area (Å²) in [6.07, 6.45) is 2.64. The van der Waals surface area contributed by atoms with Crippen molar-refractivity contribution >= 4 is 5.91 Å². The molecule has 4 nitrogen and oxygen atoms in total. The van der Waals surface area contributed by atoms with Gasteiger partial charge in [0.2, 0.25) is 0 Å². The highest BCUT2D eigenvalue weighted by molar-refractivity contribution is 5.97. The minimum absolute atomic E-state index is 0.0287. The average Bonchev–Trinajstić information content (AvgIpc) is 3.41. The van der Waals surface area contributed by atoms with Gasteiger partial charge in [-0.2, -0.15) is 13.2 Å². The van der Waals surface area contributed by atoms with Crippen molar-refractivity contribution in [1.82, 2.24) is 9.88 Å². The van der Waals surface area contributed by atoms with E-state index in [1.807, 2.05) is 4.57 Å². The lowest BCUT2D eigenvalue weighted by Crippen LogP contribution is -2.32. The number of hydrogen-bond donors (Lipinski definition) is 1. The minimum atomic E-state index is -4.58. The molecule has 2 aromatic rings. The second-order valence-electron chi connectivity index (χ2n) is 9.18. The van der Waals surface area contributed by atoms with Crippen LogP contribution in [0.25, 0.3) is 11.3 Å². The molecule has 1 aromatic carbocycles. The van der Waals surface area contributed by atoms with E-state index in [0.717, 1.165) is 56.7 Å². The molecule has 1 amide bonds. The van der Waals surface area contributed by atoms with E-state index in [2.05, 4.69) is 5.32 Å². The van der Waals surface area contributed by atoms with Gasteiger partial charge in [-0.25, -0.2) is 4.39 Å². The van der Waals surface area contributed by atoms with Gasteiger partial charge in [0.05, 0.1) is 22.9 Å². The van der Waals surface area contributed by atoms with Crippen molar-refractivity contribution < 1.29 is 27.1 Å². The van der Waals surface area contributed by atoms with E-state index < -0.39 is 17.6 Å². The summed E-state index contributed by atoms with van der Waals surface area (Å²) in [6, 6.07) is 3.97. The predicted molar refractivity (Wildman–Crippen MR) is 117 cm³/mol. The van der Waals surface area contributed by atoms with Crippen LogP contribution in [0.4, 0.5) is 17.6 Å². The van der Waals surface area contributed by atoms with E-state index in [0.29, 0.717) is 42.6 Å². The van der Waals surface area contributed by atoms with E-state index in [9.17, 15) is 22.4 Å². The molecular weight excluding hydrogens is 436 g/mol. The third kappa shape index (κ3) is 5.42. The highest BCUT2D eigenvalue weighted by Gasteiger charge is 2.32. The topological polar surface area (TPSA) is 43.3 Å². The van der Waals surface area contributed by atoms with Crippen LogP contribution in [0.2, 0.25) is 0 Å². The van der Waals surface area contributed by atoms with Gasteiger partial charge in [0.25, 0.3) is 5.91 Å². The average molecular weight is 467 g/mol. The number of amides is 1. The number of benzene rings is 1. The predicted octanol–water partition coefficient (Wildman–Crippen LogP) is 6.11. The second-order valence-corrected chi connectivity index (χ2v) is 9.18. The third-order valence-corrected chi connectivity index (χ3v) is 6.86. The van der Waals surface area contributed by atoms with Crippen LogP contribution < -0.4 is 5.32 Å². The van der Waals surface area contributed by atoms with Crippen molar-refractivity contribution in [2.45, 2.75) is 70.7 Å². The highest BCUT2D eigenvalue weighted by Crippen LogP contribution is 2.36. The lowest BCUT2D eigenvalue weighted by Gasteiger charge is -2.24. The number of aromatic nitrogens is 1.